The maximum absolute atomic E-state index is 13.0. The molecule has 0 spiro atoms. The summed E-state index contributed by atoms with van der Waals surface area (Å²) in [4.78, 5) is 13.0. The van der Waals surface area contributed by atoms with Crippen molar-refractivity contribution in [2.75, 3.05) is 7.11 Å². The highest BCUT2D eigenvalue weighted by molar-refractivity contribution is 5.94. The van der Waals surface area contributed by atoms with Crippen LogP contribution >= 0.6 is 0 Å². The number of carbonyl (C=O) groups is 1. The van der Waals surface area contributed by atoms with E-state index in [2.05, 4.69) is 26.1 Å². The van der Waals surface area contributed by atoms with Crippen molar-refractivity contribution in [2.45, 2.75) is 90.2 Å². The summed E-state index contributed by atoms with van der Waals surface area (Å²) in [6.07, 6.45) is 11.0. The minimum Gasteiger partial charge on any atom is -0.497 e. The molecule has 4 heteroatoms. The lowest BCUT2D eigenvalue weighted by molar-refractivity contribution is -0.101. The number of rotatable bonds is 4. The van der Waals surface area contributed by atoms with E-state index < -0.39 is 5.60 Å². The predicted octanol–water partition coefficient (Wildman–Crippen LogP) is 5.83. The first-order valence-corrected chi connectivity index (χ1v) is 13.4. The van der Waals surface area contributed by atoms with Gasteiger partial charge in [0.1, 0.15) is 5.75 Å². The van der Waals surface area contributed by atoms with Gasteiger partial charge in [0, 0.05) is 11.6 Å². The molecule has 0 saturated heterocycles. The molecule has 33 heavy (non-hydrogen) atoms. The van der Waals surface area contributed by atoms with Gasteiger partial charge >= 0.3 is 0 Å². The lowest BCUT2D eigenvalue weighted by Gasteiger charge is -2.57. The quantitative estimate of drug-likeness (QED) is 0.603. The Kier molecular flexibility index (Phi) is 6.04. The largest absolute Gasteiger partial charge is 0.497 e. The second-order valence-electron chi connectivity index (χ2n) is 12.4. The highest BCUT2D eigenvalue weighted by atomic mass is 16.5. The molecule has 4 nitrogen and oxygen atoms in total. The van der Waals surface area contributed by atoms with Crippen LogP contribution in [0.4, 0.5) is 0 Å². The number of methoxy groups -OCH3 is 1. The van der Waals surface area contributed by atoms with Crippen molar-refractivity contribution >= 4 is 5.91 Å². The predicted molar refractivity (Wildman–Crippen MR) is 131 cm³/mol. The lowest BCUT2D eigenvalue weighted by Crippen LogP contribution is -2.52. The number of benzene rings is 1. The van der Waals surface area contributed by atoms with Crippen LogP contribution in [0.1, 0.15) is 88.9 Å². The van der Waals surface area contributed by atoms with Crippen molar-refractivity contribution in [1.82, 2.24) is 5.32 Å². The van der Waals surface area contributed by atoms with Gasteiger partial charge in [0.05, 0.1) is 12.7 Å². The van der Waals surface area contributed by atoms with E-state index in [1.807, 2.05) is 24.3 Å². The first-order valence-electron chi connectivity index (χ1n) is 13.4. The molecule has 0 radical (unpaired) electrons. The van der Waals surface area contributed by atoms with Gasteiger partial charge < -0.3 is 15.2 Å². The van der Waals surface area contributed by atoms with Crippen molar-refractivity contribution < 1.29 is 14.6 Å². The summed E-state index contributed by atoms with van der Waals surface area (Å²) in [5.41, 5.74) is 0.567. The monoisotopic (exact) mass is 453 g/mol. The molecule has 4 aliphatic rings. The number of hydrogen-bond acceptors (Lipinski definition) is 3. The molecule has 0 heterocycles. The number of carbonyl (C=O) groups excluding carboxylic acids is 1. The summed E-state index contributed by atoms with van der Waals surface area (Å²) in [5, 5.41) is 14.0. The molecular weight excluding hydrogens is 410 g/mol. The highest BCUT2D eigenvalue weighted by Crippen LogP contribution is 2.65. The van der Waals surface area contributed by atoms with E-state index in [9.17, 15) is 9.90 Å². The molecule has 0 bridgehead atoms. The van der Waals surface area contributed by atoms with Gasteiger partial charge in [-0.3, -0.25) is 4.79 Å². The molecule has 1 aromatic rings. The smallest absolute Gasteiger partial charge is 0.251 e. The van der Waals surface area contributed by atoms with Crippen LogP contribution in [0.3, 0.4) is 0 Å². The van der Waals surface area contributed by atoms with E-state index in [1.165, 1.54) is 44.9 Å². The summed E-state index contributed by atoms with van der Waals surface area (Å²) >= 11 is 0. The van der Waals surface area contributed by atoms with E-state index in [-0.39, 0.29) is 11.9 Å². The molecule has 4 saturated carbocycles. The van der Waals surface area contributed by atoms with Crippen LogP contribution in [0.25, 0.3) is 0 Å². The number of hydrogen-bond donors (Lipinski definition) is 2. The number of nitrogens with one attached hydrogen (secondary N) is 1. The summed E-state index contributed by atoms with van der Waals surface area (Å²) in [7, 11) is 1.64. The normalized spacial score (nSPS) is 43.1. The fraction of sp³-hybridized carbons (Fsp3) is 0.759. The van der Waals surface area contributed by atoms with Gasteiger partial charge in [0.15, 0.2) is 0 Å². The minimum absolute atomic E-state index is 0.0110. The lowest BCUT2D eigenvalue weighted by atomic mass is 9.49. The minimum atomic E-state index is -0.438. The van der Waals surface area contributed by atoms with E-state index in [1.54, 1.807) is 7.11 Å². The molecule has 4 fully saturated rings. The van der Waals surface area contributed by atoms with Crippen LogP contribution < -0.4 is 10.1 Å². The fourth-order valence-electron chi connectivity index (χ4n) is 9.10. The van der Waals surface area contributed by atoms with Crippen LogP contribution in [-0.4, -0.2) is 29.8 Å². The third-order valence-corrected chi connectivity index (χ3v) is 10.6. The summed E-state index contributed by atoms with van der Waals surface area (Å²) < 4.78 is 5.30. The Balaban J connectivity index is 1.27. The Morgan fingerprint density at radius 2 is 1.85 bits per heavy atom. The Bertz CT molecular complexity index is 881. The Hall–Kier alpha value is -1.55. The summed E-state index contributed by atoms with van der Waals surface area (Å²) in [6.45, 7) is 6.82. The number of aliphatic hydroxyl groups is 1. The standard InChI is InChI=1S/C29H43NO3/c1-18(30-27(31)19-6-5-7-21(16-19)33-4)25-10-11-26-24-9-8-20-17-28(2,32)14-12-22(20)23(24)13-15-29(25,26)3/h5-7,16,18,20,22-26,32H,8-15,17H2,1-4H3,(H,30,31)/t18-,20+,22-,23+,24+,25+,26-,28+,29+/m0/s1. The molecule has 1 amide bonds. The van der Waals surface area contributed by atoms with E-state index in [0.717, 1.165) is 48.2 Å². The first kappa shape index (κ1) is 23.2. The van der Waals surface area contributed by atoms with Gasteiger partial charge in [-0.25, -0.2) is 0 Å². The molecular formula is C29H43NO3. The van der Waals surface area contributed by atoms with Gasteiger partial charge in [0.25, 0.3) is 5.91 Å². The van der Waals surface area contributed by atoms with Gasteiger partial charge in [-0.2, -0.15) is 0 Å². The molecule has 1 aromatic carbocycles. The average Bonchev–Trinajstić information content (AvgIpc) is 3.15. The van der Waals surface area contributed by atoms with Crippen molar-refractivity contribution in [3.8, 4) is 5.75 Å². The number of fused-ring (bicyclic) bond motifs is 5. The van der Waals surface area contributed by atoms with E-state index in [4.69, 9.17) is 4.74 Å². The van der Waals surface area contributed by atoms with E-state index in [0.29, 0.717) is 16.9 Å². The molecule has 0 aromatic heterocycles. The molecule has 182 valence electrons. The van der Waals surface area contributed by atoms with Crippen molar-refractivity contribution in [3.63, 3.8) is 0 Å². The zero-order valence-electron chi connectivity index (χ0n) is 21.0. The molecule has 2 N–H and O–H groups in total. The molecule has 0 unspecified atom stereocenters. The third kappa shape index (κ3) is 4.11. The van der Waals surface area contributed by atoms with Crippen molar-refractivity contribution in [1.29, 1.82) is 0 Å². The molecule has 9 atom stereocenters. The molecule has 4 aliphatic carbocycles. The Morgan fingerprint density at radius 3 is 2.64 bits per heavy atom. The Labute approximate surface area is 199 Å². The van der Waals surface area contributed by atoms with Crippen molar-refractivity contribution in [2.24, 2.45) is 40.9 Å². The van der Waals surface area contributed by atoms with Gasteiger partial charge in [-0.1, -0.05) is 13.0 Å². The Morgan fingerprint density at radius 1 is 1.06 bits per heavy atom. The highest BCUT2D eigenvalue weighted by Gasteiger charge is 2.58. The van der Waals surface area contributed by atoms with Crippen LogP contribution in [0, 0.1) is 40.9 Å². The topological polar surface area (TPSA) is 58.6 Å². The van der Waals surface area contributed by atoms with Crippen LogP contribution in [-0.2, 0) is 0 Å². The maximum atomic E-state index is 13.0. The SMILES string of the molecule is COc1cccc(C(=O)N[C@@H](C)[C@H]2CC[C@H]3[C@@H]4CC[C@@H]5C[C@](C)(O)CC[C@@H]5[C@H]4CC[C@]23C)c1. The van der Waals surface area contributed by atoms with Crippen LogP contribution in [0.5, 0.6) is 5.75 Å². The summed E-state index contributed by atoms with van der Waals surface area (Å²) in [6, 6.07) is 7.63. The van der Waals surface area contributed by atoms with Crippen molar-refractivity contribution in [3.05, 3.63) is 29.8 Å². The van der Waals surface area contributed by atoms with Gasteiger partial charge in [-0.05, 0) is 131 Å². The van der Waals surface area contributed by atoms with Gasteiger partial charge in [0.2, 0.25) is 0 Å². The van der Waals surface area contributed by atoms with Crippen LogP contribution in [0.15, 0.2) is 24.3 Å². The second kappa shape index (κ2) is 8.59. The fourth-order valence-corrected chi connectivity index (χ4v) is 9.10. The average molecular weight is 454 g/mol. The first-order chi connectivity index (χ1) is 15.7. The third-order valence-electron chi connectivity index (χ3n) is 10.6. The number of amides is 1. The van der Waals surface area contributed by atoms with E-state index >= 15 is 0 Å². The number of ether oxygens (including phenoxy) is 1. The second-order valence-corrected chi connectivity index (χ2v) is 12.4. The van der Waals surface area contributed by atoms with Gasteiger partial charge in [-0.15, -0.1) is 0 Å². The zero-order valence-corrected chi connectivity index (χ0v) is 21.0. The molecule has 0 aliphatic heterocycles. The van der Waals surface area contributed by atoms with Crippen LogP contribution in [0.2, 0.25) is 0 Å². The zero-order chi connectivity index (χ0) is 23.4. The summed E-state index contributed by atoms with van der Waals surface area (Å²) in [5.74, 6) is 5.34. The molecule has 5 rings (SSSR count). The maximum Gasteiger partial charge on any atom is 0.251 e.